The molecule has 2 fully saturated rings. The number of amides is 1. The number of hydrogen-bond donors (Lipinski definition) is 4. The molecule has 1 amide bonds. The number of carbonyl (C=O) groups is 1. The highest BCUT2D eigenvalue weighted by Crippen LogP contribution is 2.33. The van der Waals surface area contributed by atoms with Crippen LogP contribution in [-0.2, 0) is 17.7 Å². The first-order chi connectivity index (χ1) is 21.2. The largest absolute Gasteiger partial charge is 0.506 e. The van der Waals surface area contributed by atoms with Crippen molar-refractivity contribution in [2.45, 2.75) is 44.4 Å². The minimum atomic E-state index is -0.867. The monoisotopic (exact) mass is 640 g/mol. The number of thiophene rings is 1. The van der Waals surface area contributed by atoms with Crippen molar-refractivity contribution in [2.75, 3.05) is 45.9 Å². The van der Waals surface area contributed by atoms with Gasteiger partial charge in [0.25, 0.3) is 5.91 Å². The van der Waals surface area contributed by atoms with Crippen LogP contribution in [-0.4, -0.2) is 82.4 Å². The zero-order valence-electron chi connectivity index (χ0n) is 24.6. The Morgan fingerprint density at radius 1 is 1.18 bits per heavy atom. The van der Waals surface area contributed by atoms with Crippen molar-refractivity contribution in [3.05, 3.63) is 84.4 Å². The van der Waals surface area contributed by atoms with E-state index >= 15 is 0 Å². The van der Waals surface area contributed by atoms with Gasteiger partial charge in [-0.1, -0.05) is 23.5 Å². The number of morpholine rings is 1. The van der Waals surface area contributed by atoms with Crippen LogP contribution in [0.5, 0.6) is 5.75 Å². The van der Waals surface area contributed by atoms with Gasteiger partial charge in [-0.3, -0.25) is 14.5 Å². The molecule has 0 bridgehead atoms. The number of halogens is 1. The lowest BCUT2D eigenvalue weighted by atomic mass is 9.89. The van der Waals surface area contributed by atoms with E-state index in [2.05, 4.69) is 15.2 Å². The Balaban J connectivity index is 0.995. The van der Waals surface area contributed by atoms with Crippen molar-refractivity contribution in [1.82, 2.24) is 20.1 Å². The summed E-state index contributed by atoms with van der Waals surface area (Å²) < 4.78 is 21.4. The fourth-order valence-electron chi connectivity index (χ4n) is 6.31. The average Bonchev–Trinajstić information content (AvgIpc) is 3.61. The number of aryl methyl sites for hydroxylation is 1. The molecule has 2 aliphatic rings. The Labute approximate surface area is 262 Å². The minimum Gasteiger partial charge on any atom is -0.506 e. The number of phenols is 1. The molecule has 12 heteroatoms. The number of phenolic OH excluding ortho intramolecular Hbond substituents is 1. The first kappa shape index (κ1) is 30.9. The summed E-state index contributed by atoms with van der Waals surface area (Å²) in [4.78, 5) is 32.5. The molecule has 1 spiro atoms. The molecule has 44 heavy (non-hydrogen) atoms. The summed E-state index contributed by atoms with van der Waals surface area (Å²) in [6.07, 6.45) is 1.36. The number of hydrogen-bond acceptors (Lipinski definition) is 9. The molecule has 2 aromatic carbocycles. The standard InChI is InChI=1S/C32H37FN4O5S2/c1-20-24(5-13-43-20)30(40)37-11-12-42-32(19-37)6-9-36(10-7-32)18-22-14-21(15-23(33)16-22)4-8-34-17-27(39)25-2-3-26(38)28-29(25)44-31(41)35-28/h2-3,5,13-16,27,34,38-39H,4,6-12,17-19H2,1H3,(H,35,41)/t27-/m0/s1. The van der Waals surface area contributed by atoms with E-state index in [1.165, 1.54) is 6.07 Å². The zero-order chi connectivity index (χ0) is 30.8. The van der Waals surface area contributed by atoms with E-state index in [0.29, 0.717) is 55.0 Å². The second-order valence-electron chi connectivity index (χ2n) is 11.8. The number of ether oxygens (including phenoxy) is 1. The van der Waals surface area contributed by atoms with Crippen LogP contribution in [0.1, 0.15) is 50.9 Å². The summed E-state index contributed by atoms with van der Waals surface area (Å²) in [5.41, 5.74) is 3.15. The number of aliphatic hydroxyl groups is 1. The zero-order valence-corrected chi connectivity index (χ0v) is 26.2. The molecular weight excluding hydrogens is 604 g/mol. The number of benzene rings is 2. The van der Waals surface area contributed by atoms with Gasteiger partial charge in [0.1, 0.15) is 17.1 Å². The van der Waals surface area contributed by atoms with Gasteiger partial charge in [-0.2, -0.15) is 0 Å². The Hall–Kier alpha value is -3.13. The number of carbonyl (C=O) groups excluding carboxylic acids is 1. The number of aromatic nitrogens is 1. The quantitative estimate of drug-likeness (QED) is 0.203. The summed E-state index contributed by atoms with van der Waals surface area (Å²) in [7, 11) is 0. The highest BCUT2D eigenvalue weighted by atomic mass is 32.1. The third-order valence-electron chi connectivity index (χ3n) is 8.69. The van der Waals surface area contributed by atoms with Crippen LogP contribution in [0.4, 0.5) is 4.39 Å². The van der Waals surface area contributed by atoms with Crippen molar-refractivity contribution in [3.8, 4) is 5.75 Å². The number of aromatic hydroxyl groups is 1. The van der Waals surface area contributed by atoms with E-state index in [4.69, 9.17) is 4.74 Å². The van der Waals surface area contributed by atoms with E-state index in [9.17, 15) is 24.2 Å². The molecule has 6 rings (SSSR count). The number of rotatable bonds is 9. The summed E-state index contributed by atoms with van der Waals surface area (Å²) in [6.45, 7) is 6.78. The van der Waals surface area contributed by atoms with Crippen molar-refractivity contribution >= 4 is 38.8 Å². The van der Waals surface area contributed by atoms with Gasteiger partial charge in [-0.15, -0.1) is 11.3 Å². The van der Waals surface area contributed by atoms with Crippen LogP contribution in [0.2, 0.25) is 0 Å². The Morgan fingerprint density at radius 3 is 2.75 bits per heavy atom. The predicted molar refractivity (Wildman–Crippen MR) is 170 cm³/mol. The van der Waals surface area contributed by atoms with E-state index in [0.717, 1.165) is 58.8 Å². The van der Waals surface area contributed by atoms with Crippen LogP contribution in [0, 0.1) is 12.7 Å². The number of piperidine rings is 1. The molecule has 2 aliphatic heterocycles. The van der Waals surface area contributed by atoms with E-state index < -0.39 is 6.10 Å². The van der Waals surface area contributed by atoms with Gasteiger partial charge in [-0.05, 0) is 73.5 Å². The molecule has 4 aromatic rings. The third kappa shape index (κ3) is 6.75. The smallest absolute Gasteiger partial charge is 0.305 e. The molecule has 0 saturated carbocycles. The summed E-state index contributed by atoms with van der Waals surface area (Å²) in [5, 5.41) is 25.9. The fourth-order valence-corrected chi connectivity index (χ4v) is 7.92. The lowest BCUT2D eigenvalue weighted by Crippen LogP contribution is -2.57. The van der Waals surface area contributed by atoms with Crippen LogP contribution in [0.3, 0.4) is 0 Å². The van der Waals surface area contributed by atoms with Crippen molar-refractivity contribution < 1.29 is 24.1 Å². The van der Waals surface area contributed by atoms with E-state index in [-0.39, 0.29) is 34.5 Å². The number of aromatic amines is 1. The maximum Gasteiger partial charge on any atom is 0.305 e. The lowest BCUT2D eigenvalue weighted by molar-refractivity contribution is -0.127. The second kappa shape index (κ2) is 13.1. The average molecular weight is 641 g/mol. The second-order valence-corrected chi connectivity index (χ2v) is 13.9. The van der Waals surface area contributed by atoms with Gasteiger partial charge in [0.15, 0.2) is 0 Å². The molecule has 4 heterocycles. The number of H-pyrrole nitrogens is 1. The first-order valence-electron chi connectivity index (χ1n) is 14.9. The van der Waals surface area contributed by atoms with Crippen molar-refractivity contribution in [1.29, 1.82) is 0 Å². The number of likely N-dealkylation sites (tertiary alicyclic amines) is 1. The van der Waals surface area contributed by atoms with Gasteiger partial charge < -0.3 is 30.2 Å². The number of nitrogens with zero attached hydrogens (tertiary/aromatic N) is 2. The molecule has 2 saturated heterocycles. The van der Waals surface area contributed by atoms with Gasteiger partial charge in [-0.25, -0.2) is 4.39 Å². The molecule has 0 unspecified atom stereocenters. The molecule has 234 valence electrons. The van der Waals surface area contributed by atoms with E-state index in [1.54, 1.807) is 29.5 Å². The van der Waals surface area contributed by atoms with Crippen LogP contribution < -0.4 is 10.2 Å². The number of aliphatic hydroxyl groups excluding tert-OH is 1. The van der Waals surface area contributed by atoms with Crippen LogP contribution in [0.15, 0.2) is 46.6 Å². The fraction of sp³-hybridized carbons (Fsp3) is 0.438. The predicted octanol–water partition coefficient (Wildman–Crippen LogP) is 4.18. The maximum atomic E-state index is 14.6. The molecule has 4 N–H and O–H groups in total. The third-order valence-corrected chi connectivity index (χ3v) is 10.5. The van der Waals surface area contributed by atoms with Crippen LogP contribution >= 0.6 is 22.7 Å². The highest BCUT2D eigenvalue weighted by molar-refractivity contribution is 7.16. The van der Waals surface area contributed by atoms with Crippen LogP contribution in [0.25, 0.3) is 10.2 Å². The lowest BCUT2D eigenvalue weighted by Gasteiger charge is -2.47. The molecule has 9 nitrogen and oxygen atoms in total. The highest BCUT2D eigenvalue weighted by Gasteiger charge is 2.41. The molecule has 0 radical (unpaired) electrons. The number of nitrogens with one attached hydrogen (secondary N) is 2. The van der Waals surface area contributed by atoms with Crippen molar-refractivity contribution in [3.63, 3.8) is 0 Å². The normalized spacial score (nSPS) is 17.8. The maximum absolute atomic E-state index is 14.6. The van der Waals surface area contributed by atoms with Gasteiger partial charge in [0.05, 0.1) is 35.1 Å². The number of fused-ring (bicyclic) bond motifs is 1. The topological polar surface area (TPSA) is 118 Å². The molecular formula is C32H37FN4O5S2. The summed E-state index contributed by atoms with van der Waals surface area (Å²) >= 11 is 2.55. The van der Waals surface area contributed by atoms with E-state index in [1.807, 2.05) is 29.3 Å². The Bertz CT molecular complexity index is 1690. The molecule has 2 aromatic heterocycles. The Morgan fingerprint density at radius 2 is 1.98 bits per heavy atom. The minimum absolute atomic E-state index is 0.0291. The summed E-state index contributed by atoms with van der Waals surface area (Å²) in [6, 6.07) is 10.2. The van der Waals surface area contributed by atoms with Gasteiger partial charge in [0.2, 0.25) is 0 Å². The molecule has 1 atom stereocenters. The van der Waals surface area contributed by atoms with Gasteiger partial charge in [0, 0.05) is 43.2 Å². The first-order valence-corrected chi connectivity index (χ1v) is 16.6. The SMILES string of the molecule is Cc1sccc1C(=O)N1CCOC2(CCN(Cc3cc(F)cc(CCNC[C@H](O)c4ccc(O)c5[nH]c(=O)sc45)c3)CC2)C1. The van der Waals surface area contributed by atoms with Gasteiger partial charge >= 0.3 is 4.87 Å². The number of thiazole rings is 1. The summed E-state index contributed by atoms with van der Waals surface area (Å²) in [5.74, 6) is -0.214. The molecule has 0 aliphatic carbocycles. The Kier molecular flexibility index (Phi) is 9.18. The van der Waals surface area contributed by atoms with Crippen molar-refractivity contribution in [2.24, 2.45) is 0 Å².